The Balaban J connectivity index is 1.90. The van der Waals surface area contributed by atoms with Crippen molar-refractivity contribution in [2.75, 3.05) is 18.4 Å². The average Bonchev–Trinajstić information content (AvgIpc) is 2.64. The maximum Gasteiger partial charge on any atom is 0.416 e. The van der Waals surface area contributed by atoms with E-state index in [2.05, 4.69) is 15.5 Å². The van der Waals surface area contributed by atoms with Gasteiger partial charge in [0.15, 0.2) is 0 Å². The minimum absolute atomic E-state index is 0.354. The first-order valence-corrected chi connectivity index (χ1v) is 8.04. The maximum atomic E-state index is 12.6. The molecular weight excluding hydrogens is 341 g/mol. The van der Waals surface area contributed by atoms with Crippen LogP contribution in [0.5, 0.6) is 0 Å². The van der Waals surface area contributed by atoms with Crippen molar-refractivity contribution >= 4 is 27.8 Å². The zero-order valence-electron chi connectivity index (χ0n) is 13.8. The van der Waals surface area contributed by atoms with Gasteiger partial charge in [0.25, 0.3) is 0 Å². The van der Waals surface area contributed by atoms with Gasteiger partial charge in [-0.05, 0) is 36.4 Å². The Kier molecular flexibility index (Phi) is 5.18. The second kappa shape index (κ2) is 7.53. The molecule has 0 spiro atoms. The third-order valence-corrected chi connectivity index (χ3v) is 3.83. The second-order valence-corrected chi connectivity index (χ2v) is 5.64. The number of benzene rings is 3. The van der Waals surface area contributed by atoms with Crippen molar-refractivity contribution in [1.29, 1.82) is 0 Å². The van der Waals surface area contributed by atoms with E-state index in [0.29, 0.717) is 24.5 Å². The van der Waals surface area contributed by atoms with Crippen molar-refractivity contribution in [2.45, 2.75) is 6.18 Å². The molecule has 7 heteroatoms. The number of fused-ring (bicyclic) bond motifs is 1. The van der Waals surface area contributed by atoms with Crippen LogP contribution < -0.4 is 11.1 Å². The summed E-state index contributed by atoms with van der Waals surface area (Å²) in [7, 11) is 0. The molecule has 3 N–H and O–H groups in total. The van der Waals surface area contributed by atoms with Crippen molar-refractivity contribution in [3.05, 3.63) is 66.2 Å². The predicted octanol–water partition coefficient (Wildman–Crippen LogP) is 5.64. The third-order valence-electron chi connectivity index (χ3n) is 3.83. The molecule has 0 aliphatic carbocycles. The van der Waals surface area contributed by atoms with E-state index in [9.17, 15) is 13.2 Å². The molecule has 3 aromatic rings. The van der Waals surface area contributed by atoms with Crippen molar-refractivity contribution < 1.29 is 13.2 Å². The number of rotatable bonds is 5. The molecule has 0 aliphatic heterocycles. The normalized spacial score (nSPS) is 12.0. The van der Waals surface area contributed by atoms with Crippen LogP contribution in [0.4, 0.5) is 30.2 Å². The Bertz CT molecular complexity index is 918. The van der Waals surface area contributed by atoms with Crippen molar-refractivity contribution in [3.63, 3.8) is 0 Å². The summed E-state index contributed by atoms with van der Waals surface area (Å²) >= 11 is 0. The molecule has 4 nitrogen and oxygen atoms in total. The number of azo groups is 1. The Morgan fingerprint density at radius 1 is 0.846 bits per heavy atom. The quantitative estimate of drug-likeness (QED) is 0.579. The van der Waals surface area contributed by atoms with Gasteiger partial charge in [-0.1, -0.05) is 24.3 Å². The van der Waals surface area contributed by atoms with Crippen LogP contribution in [-0.4, -0.2) is 13.1 Å². The fourth-order valence-electron chi connectivity index (χ4n) is 2.56. The molecule has 0 saturated heterocycles. The molecule has 3 rings (SSSR count). The fourth-order valence-corrected chi connectivity index (χ4v) is 2.56. The summed E-state index contributed by atoms with van der Waals surface area (Å²) in [4.78, 5) is 0. The van der Waals surface area contributed by atoms with Crippen LogP contribution in [0.2, 0.25) is 0 Å². The van der Waals surface area contributed by atoms with Gasteiger partial charge in [0, 0.05) is 29.5 Å². The van der Waals surface area contributed by atoms with Gasteiger partial charge in [0.05, 0.1) is 16.9 Å². The highest BCUT2D eigenvalue weighted by Crippen LogP contribution is 2.34. The number of hydrogen-bond acceptors (Lipinski definition) is 4. The summed E-state index contributed by atoms with van der Waals surface area (Å²) < 4.78 is 37.8. The smallest absolute Gasteiger partial charge is 0.383 e. The van der Waals surface area contributed by atoms with E-state index in [0.717, 1.165) is 28.6 Å². The first-order chi connectivity index (χ1) is 12.5. The monoisotopic (exact) mass is 358 g/mol. The third kappa shape index (κ3) is 4.00. The number of halogens is 3. The van der Waals surface area contributed by atoms with Crippen LogP contribution in [0.25, 0.3) is 10.8 Å². The molecule has 134 valence electrons. The Morgan fingerprint density at radius 3 is 2.19 bits per heavy atom. The van der Waals surface area contributed by atoms with E-state index in [1.165, 1.54) is 12.1 Å². The number of nitrogens with two attached hydrogens (primary N) is 1. The van der Waals surface area contributed by atoms with E-state index in [1.54, 1.807) is 0 Å². The fraction of sp³-hybridized carbons (Fsp3) is 0.158. The lowest BCUT2D eigenvalue weighted by Gasteiger charge is -2.10. The average molecular weight is 358 g/mol. The number of hydrogen-bond donors (Lipinski definition) is 2. The Labute approximate surface area is 148 Å². The molecule has 0 bridgehead atoms. The molecule has 3 aromatic carbocycles. The van der Waals surface area contributed by atoms with Gasteiger partial charge in [-0.2, -0.15) is 18.3 Å². The van der Waals surface area contributed by atoms with Gasteiger partial charge in [-0.15, -0.1) is 5.11 Å². The minimum Gasteiger partial charge on any atom is -0.383 e. The van der Waals surface area contributed by atoms with Crippen LogP contribution in [0.1, 0.15) is 5.56 Å². The number of alkyl halides is 3. The molecule has 0 amide bonds. The molecule has 0 aromatic heterocycles. The van der Waals surface area contributed by atoms with E-state index >= 15 is 0 Å². The van der Waals surface area contributed by atoms with E-state index in [1.807, 2.05) is 36.4 Å². The summed E-state index contributed by atoms with van der Waals surface area (Å²) in [6, 6.07) is 16.0. The lowest BCUT2D eigenvalue weighted by atomic mass is 10.1. The highest BCUT2D eigenvalue weighted by molar-refractivity contribution is 6.00. The molecule has 0 radical (unpaired) electrons. The van der Waals surface area contributed by atoms with Crippen LogP contribution in [0.15, 0.2) is 70.9 Å². The van der Waals surface area contributed by atoms with Gasteiger partial charge in [0.1, 0.15) is 0 Å². The Hall–Kier alpha value is -2.93. The predicted molar refractivity (Wildman–Crippen MR) is 97.1 cm³/mol. The highest BCUT2D eigenvalue weighted by atomic mass is 19.4. The molecule has 0 atom stereocenters. The van der Waals surface area contributed by atoms with Crippen molar-refractivity contribution in [1.82, 2.24) is 0 Å². The number of anilines is 1. The van der Waals surface area contributed by atoms with Gasteiger partial charge >= 0.3 is 6.18 Å². The molecule has 0 fully saturated rings. The summed E-state index contributed by atoms with van der Waals surface area (Å²) in [5.41, 5.74) is 6.76. The second-order valence-electron chi connectivity index (χ2n) is 5.64. The van der Waals surface area contributed by atoms with Crippen LogP contribution in [0, 0.1) is 0 Å². The molecule has 0 saturated carbocycles. The lowest BCUT2D eigenvalue weighted by molar-refractivity contribution is -0.137. The molecule has 0 unspecified atom stereocenters. The summed E-state index contributed by atoms with van der Waals surface area (Å²) in [5.74, 6) is 0. The van der Waals surface area contributed by atoms with Gasteiger partial charge in [0.2, 0.25) is 0 Å². The minimum atomic E-state index is -4.36. The first kappa shape index (κ1) is 17.9. The van der Waals surface area contributed by atoms with Crippen molar-refractivity contribution in [3.8, 4) is 0 Å². The SMILES string of the molecule is NCCNc1ccc(N=Nc2ccc(C(F)(F)F)cc2)c2ccccc12. The highest BCUT2D eigenvalue weighted by Gasteiger charge is 2.29. The standard InChI is InChI=1S/C19H17F3N4/c20-19(21,22)13-5-7-14(8-6-13)25-26-18-10-9-17(24-12-11-23)15-3-1-2-4-16(15)18/h1-10,24H,11-12,23H2. The lowest BCUT2D eigenvalue weighted by Crippen LogP contribution is -2.13. The molecule has 0 aliphatic rings. The largest absolute Gasteiger partial charge is 0.416 e. The molecule has 26 heavy (non-hydrogen) atoms. The zero-order valence-corrected chi connectivity index (χ0v) is 13.8. The zero-order chi connectivity index (χ0) is 18.6. The van der Waals surface area contributed by atoms with Crippen LogP contribution >= 0.6 is 0 Å². The van der Waals surface area contributed by atoms with Gasteiger partial charge in [-0.3, -0.25) is 0 Å². The number of nitrogens with zero attached hydrogens (tertiary/aromatic N) is 2. The number of nitrogens with one attached hydrogen (secondary N) is 1. The summed E-state index contributed by atoms with van der Waals surface area (Å²) in [6.07, 6.45) is -4.36. The van der Waals surface area contributed by atoms with Crippen LogP contribution in [0.3, 0.4) is 0 Å². The summed E-state index contributed by atoms with van der Waals surface area (Å²) in [5, 5.41) is 13.4. The van der Waals surface area contributed by atoms with E-state index in [-0.39, 0.29) is 0 Å². The Morgan fingerprint density at radius 2 is 1.54 bits per heavy atom. The maximum absolute atomic E-state index is 12.6. The van der Waals surface area contributed by atoms with E-state index in [4.69, 9.17) is 5.73 Å². The first-order valence-electron chi connectivity index (χ1n) is 8.04. The molecular formula is C19H17F3N4. The van der Waals surface area contributed by atoms with Gasteiger partial charge in [-0.25, -0.2) is 0 Å². The molecule has 0 heterocycles. The topological polar surface area (TPSA) is 62.8 Å². The summed E-state index contributed by atoms with van der Waals surface area (Å²) in [6.45, 7) is 1.17. The van der Waals surface area contributed by atoms with E-state index < -0.39 is 11.7 Å². The van der Waals surface area contributed by atoms with Crippen LogP contribution in [-0.2, 0) is 6.18 Å². The van der Waals surface area contributed by atoms with Crippen molar-refractivity contribution in [2.24, 2.45) is 16.0 Å². The van der Waals surface area contributed by atoms with Gasteiger partial charge < -0.3 is 11.1 Å².